The molecular weight excluding hydrogens is 212 g/mol. The summed E-state index contributed by atoms with van der Waals surface area (Å²) in [4.78, 5) is 8.83. The van der Waals surface area contributed by atoms with Crippen LogP contribution in [0.25, 0.3) is 0 Å². The van der Waals surface area contributed by atoms with E-state index in [0.717, 1.165) is 18.2 Å². The Morgan fingerprint density at radius 1 is 1.35 bits per heavy atom. The molecule has 0 atom stereocenters. The number of aromatic nitrogens is 2. The normalized spacial score (nSPS) is 17.9. The summed E-state index contributed by atoms with van der Waals surface area (Å²) < 4.78 is 0. The second-order valence-corrected chi connectivity index (χ2v) is 6.42. The highest BCUT2D eigenvalue weighted by molar-refractivity contribution is 5.45. The number of nitrogen functional groups attached to an aromatic ring is 1. The Morgan fingerprint density at radius 2 is 2.00 bits per heavy atom. The number of hydrogen-bond donors (Lipinski definition) is 2. The fraction of sp³-hybridized carbons (Fsp3) is 0.692. The van der Waals surface area contributed by atoms with Gasteiger partial charge in [0.15, 0.2) is 0 Å². The van der Waals surface area contributed by atoms with Crippen LogP contribution in [0, 0.1) is 5.41 Å². The van der Waals surface area contributed by atoms with Crippen molar-refractivity contribution in [3.8, 4) is 0 Å². The molecule has 0 unspecified atom stereocenters. The van der Waals surface area contributed by atoms with Crippen LogP contribution < -0.4 is 11.1 Å². The molecule has 0 amide bonds. The summed E-state index contributed by atoms with van der Waals surface area (Å²) in [6.07, 6.45) is 2.60. The summed E-state index contributed by atoms with van der Waals surface area (Å²) in [5, 5.41) is 3.37. The topological polar surface area (TPSA) is 63.8 Å². The van der Waals surface area contributed by atoms with Gasteiger partial charge >= 0.3 is 0 Å². The number of hydrogen-bond acceptors (Lipinski definition) is 4. The van der Waals surface area contributed by atoms with Crippen LogP contribution in [0.3, 0.4) is 0 Å². The quantitative estimate of drug-likeness (QED) is 0.843. The van der Waals surface area contributed by atoms with Gasteiger partial charge < -0.3 is 11.1 Å². The first-order chi connectivity index (χ1) is 7.78. The van der Waals surface area contributed by atoms with E-state index in [1.807, 2.05) is 0 Å². The second kappa shape index (κ2) is 3.86. The third kappa shape index (κ3) is 3.08. The number of nitrogens with zero attached hydrogens (tertiary/aromatic N) is 2. The lowest BCUT2D eigenvalue weighted by Crippen LogP contribution is -2.19. The van der Waals surface area contributed by atoms with Crippen LogP contribution in [-0.4, -0.2) is 16.5 Å². The number of rotatable bonds is 3. The van der Waals surface area contributed by atoms with Gasteiger partial charge in [0, 0.05) is 18.0 Å². The van der Waals surface area contributed by atoms with Crippen LogP contribution in [0.4, 0.5) is 11.6 Å². The summed E-state index contributed by atoms with van der Waals surface area (Å²) in [5.74, 6) is 2.17. The Balaban J connectivity index is 2.14. The minimum Gasteiger partial charge on any atom is -0.384 e. The van der Waals surface area contributed by atoms with E-state index in [-0.39, 0.29) is 5.41 Å². The van der Waals surface area contributed by atoms with Gasteiger partial charge in [-0.25, -0.2) is 9.97 Å². The van der Waals surface area contributed by atoms with E-state index < -0.39 is 0 Å². The maximum atomic E-state index is 5.82. The maximum Gasteiger partial charge on any atom is 0.138 e. The zero-order valence-electron chi connectivity index (χ0n) is 11.2. The molecule has 17 heavy (non-hydrogen) atoms. The highest BCUT2D eigenvalue weighted by atomic mass is 15.1. The lowest BCUT2D eigenvalue weighted by molar-refractivity contribution is 0.545. The molecule has 0 spiro atoms. The van der Waals surface area contributed by atoms with E-state index in [2.05, 4.69) is 43.0 Å². The molecule has 2 rings (SSSR count). The molecule has 94 valence electrons. The zero-order chi connectivity index (χ0) is 12.7. The van der Waals surface area contributed by atoms with E-state index in [4.69, 9.17) is 5.73 Å². The van der Waals surface area contributed by atoms with E-state index in [0.29, 0.717) is 11.2 Å². The van der Waals surface area contributed by atoms with Gasteiger partial charge in [0.25, 0.3) is 0 Å². The predicted molar refractivity (Wildman–Crippen MR) is 71.0 cm³/mol. The van der Waals surface area contributed by atoms with E-state index >= 15 is 0 Å². The largest absolute Gasteiger partial charge is 0.384 e. The molecular formula is C13H22N4. The van der Waals surface area contributed by atoms with E-state index in [1.54, 1.807) is 6.07 Å². The molecule has 3 N–H and O–H groups in total. The first-order valence-electron chi connectivity index (χ1n) is 6.17. The molecule has 0 saturated heterocycles. The monoisotopic (exact) mass is 234 g/mol. The summed E-state index contributed by atoms with van der Waals surface area (Å²) >= 11 is 0. The fourth-order valence-corrected chi connectivity index (χ4v) is 1.59. The van der Waals surface area contributed by atoms with Gasteiger partial charge in [-0.15, -0.1) is 0 Å². The average molecular weight is 234 g/mol. The van der Waals surface area contributed by atoms with Crippen LogP contribution in [0.15, 0.2) is 6.07 Å². The van der Waals surface area contributed by atoms with Gasteiger partial charge in [0.2, 0.25) is 0 Å². The van der Waals surface area contributed by atoms with Crippen LogP contribution in [0.5, 0.6) is 0 Å². The van der Waals surface area contributed by atoms with E-state index in [9.17, 15) is 0 Å². The van der Waals surface area contributed by atoms with Gasteiger partial charge in [-0.2, -0.15) is 0 Å². The van der Waals surface area contributed by atoms with Crippen molar-refractivity contribution in [1.82, 2.24) is 9.97 Å². The van der Waals surface area contributed by atoms with Crippen molar-refractivity contribution < 1.29 is 0 Å². The molecule has 1 fully saturated rings. The van der Waals surface area contributed by atoms with Crippen molar-refractivity contribution in [2.75, 3.05) is 17.6 Å². The van der Waals surface area contributed by atoms with Gasteiger partial charge in [-0.05, 0) is 18.3 Å². The van der Waals surface area contributed by atoms with Gasteiger partial charge in [0.1, 0.15) is 17.5 Å². The van der Waals surface area contributed by atoms with Crippen LogP contribution in [0.1, 0.15) is 46.4 Å². The molecule has 4 nitrogen and oxygen atoms in total. The third-order valence-electron chi connectivity index (χ3n) is 3.22. The molecule has 1 saturated carbocycles. The summed E-state index contributed by atoms with van der Waals surface area (Å²) in [6.45, 7) is 9.53. The van der Waals surface area contributed by atoms with Crippen molar-refractivity contribution in [2.24, 2.45) is 5.41 Å². The van der Waals surface area contributed by atoms with Crippen molar-refractivity contribution in [3.05, 3.63) is 11.9 Å². The predicted octanol–water partition coefficient (Wildman–Crippen LogP) is 2.57. The third-order valence-corrected chi connectivity index (χ3v) is 3.22. The first-order valence-corrected chi connectivity index (χ1v) is 6.17. The molecule has 1 aromatic rings. The van der Waals surface area contributed by atoms with Crippen LogP contribution >= 0.6 is 0 Å². The summed E-state index contributed by atoms with van der Waals surface area (Å²) in [7, 11) is 0. The van der Waals surface area contributed by atoms with Crippen LogP contribution in [0.2, 0.25) is 0 Å². The minimum atomic E-state index is -0.0741. The molecule has 0 aromatic carbocycles. The molecule has 0 aliphatic heterocycles. The fourth-order valence-electron chi connectivity index (χ4n) is 1.59. The highest BCUT2D eigenvalue weighted by Crippen LogP contribution is 2.44. The molecule has 4 heteroatoms. The zero-order valence-corrected chi connectivity index (χ0v) is 11.2. The van der Waals surface area contributed by atoms with Gasteiger partial charge in [-0.1, -0.05) is 27.7 Å². The number of nitrogens with one attached hydrogen (secondary N) is 1. The van der Waals surface area contributed by atoms with Crippen molar-refractivity contribution in [3.63, 3.8) is 0 Å². The second-order valence-electron chi connectivity index (χ2n) is 6.42. The molecule has 0 radical (unpaired) electrons. The molecule has 1 aromatic heterocycles. The molecule has 1 aliphatic rings. The smallest absolute Gasteiger partial charge is 0.138 e. The maximum absolute atomic E-state index is 5.82. The lowest BCUT2D eigenvalue weighted by Gasteiger charge is -2.18. The highest BCUT2D eigenvalue weighted by Gasteiger charge is 2.36. The Kier molecular flexibility index (Phi) is 2.76. The van der Waals surface area contributed by atoms with Crippen molar-refractivity contribution in [1.29, 1.82) is 0 Å². The van der Waals surface area contributed by atoms with Gasteiger partial charge in [-0.3, -0.25) is 0 Å². The average Bonchev–Trinajstić information content (AvgIpc) is 2.92. The first kappa shape index (κ1) is 12.1. The van der Waals surface area contributed by atoms with Crippen molar-refractivity contribution in [2.45, 2.75) is 46.0 Å². The standard InChI is InChI=1S/C13H22N4/c1-12(2,3)11-16-9(14)7-10(17-11)15-8-13(4)5-6-13/h7H,5-6,8H2,1-4H3,(H3,14,15,16,17). The van der Waals surface area contributed by atoms with Gasteiger partial charge in [0.05, 0.1) is 0 Å². The van der Waals surface area contributed by atoms with Crippen LogP contribution in [-0.2, 0) is 5.41 Å². The molecule has 1 aliphatic carbocycles. The summed E-state index contributed by atoms with van der Waals surface area (Å²) in [5.41, 5.74) is 6.21. The minimum absolute atomic E-state index is 0.0741. The number of nitrogens with two attached hydrogens (primary N) is 1. The van der Waals surface area contributed by atoms with Crippen molar-refractivity contribution >= 4 is 11.6 Å². The lowest BCUT2D eigenvalue weighted by atomic mass is 9.96. The Hall–Kier alpha value is -1.32. The molecule has 1 heterocycles. The van der Waals surface area contributed by atoms with E-state index in [1.165, 1.54) is 12.8 Å². The molecule has 0 bridgehead atoms. The number of anilines is 2. The Morgan fingerprint density at radius 3 is 2.53 bits per heavy atom. The Labute approximate surface area is 103 Å². The Bertz CT molecular complexity index is 416. The SMILES string of the molecule is CC1(CNc2cc(N)nc(C(C)(C)C)n2)CC1. The summed E-state index contributed by atoms with van der Waals surface area (Å²) in [6, 6.07) is 1.81.